The van der Waals surface area contributed by atoms with Crippen LogP contribution < -0.4 is 9.80 Å². The van der Waals surface area contributed by atoms with Crippen LogP contribution in [0.2, 0.25) is 0 Å². The lowest BCUT2D eigenvalue weighted by atomic mass is 10.1. The number of anilines is 2. The van der Waals surface area contributed by atoms with Crippen molar-refractivity contribution in [2.24, 2.45) is 7.05 Å². The van der Waals surface area contributed by atoms with E-state index in [9.17, 15) is 4.79 Å². The number of carbonyl (C=O) groups is 1. The predicted molar refractivity (Wildman–Crippen MR) is 104 cm³/mol. The standard InChI is InChI=1S/C20H26N4O2/c1-3-19(25)24(16-9-12-26-14-16)15-7-8-18-17(13-15)21-20(22(18)2)23-10-5-4-6-11-23/h3,7-8,13,16H,1,4-6,9-12,14H2,2H3. The molecule has 2 aliphatic heterocycles. The van der Waals surface area contributed by atoms with Crippen LogP contribution in [0.25, 0.3) is 11.0 Å². The molecule has 1 amide bonds. The number of imidazole rings is 1. The monoisotopic (exact) mass is 354 g/mol. The summed E-state index contributed by atoms with van der Waals surface area (Å²) in [6.07, 6.45) is 5.96. The molecule has 0 radical (unpaired) electrons. The highest BCUT2D eigenvalue weighted by molar-refractivity contribution is 6.02. The molecule has 3 heterocycles. The molecule has 0 bridgehead atoms. The molecule has 0 aliphatic carbocycles. The van der Waals surface area contributed by atoms with Crippen molar-refractivity contribution in [1.82, 2.24) is 9.55 Å². The number of ether oxygens (including phenoxy) is 1. The summed E-state index contributed by atoms with van der Waals surface area (Å²) in [5.74, 6) is 0.926. The van der Waals surface area contributed by atoms with Gasteiger partial charge >= 0.3 is 0 Å². The molecule has 1 aromatic heterocycles. The average Bonchev–Trinajstić information content (AvgIpc) is 3.31. The molecule has 0 N–H and O–H groups in total. The Labute approximate surface area is 154 Å². The lowest BCUT2D eigenvalue weighted by Crippen LogP contribution is -2.39. The average molecular weight is 354 g/mol. The summed E-state index contributed by atoms with van der Waals surface area (Å²) >= 11 is 0. The second-order valence-corrected chi connectivity index (χ2v) is 7.12. The Morgan fingerprint density at radius 3 is 2.85 bits per heavy atom. The van der Waals surface area contributed by atoms with Crippen molar-refractivity contribution in [2.45, 2.75) is 31.7 Å². The van der Waals surface area contributed by atoms with Gasteiger partial charge in [0.1, 0.15) is 0 Å². The van der Waals surface area contributed by atoms with Crippen LogP contribution in [0.15, 0.2) is 30.9 Å². The highest BCUT2D eigenvalue weighted by atomic mass is 16.5. The van der Waals surface area contributed by atoms with E-state index in [0.29, 0.717) is 13.2 Å². The van der Waals surface area contributed by atoms with E-state index in [2.05, 4.69) is 29.2 Å². The number of fused-ring (bicyclic) bond motifs is 1. The van der Waals surface area contributed by atoms with Crippen LogP contribution in [0.4, 0.5) is 11.6 Å². The molecule has 6 nitrogen and oxygen atoms in total. The van der Waals surface area contributed by atoms with Crippen molar-refractivity contribution in [3.8, 4) is 0 Å². The van der Waals surface area contributed by atoms with Gasteiger partial charge in [0.2, 0.25) is 5.95 Å². The van der Waals surface area contributed by atoms with Crippen LogP contribution in [0.1, 0.15) is 25.7 Å². The molecule has 0 saturated carbocycles. The number of hydrogen-bond acceptors (Lipinski definition) is 4. The van der Waals surface area contributed by atoms with Gasteiger partial charge in [0.15, 0.2) is 0 Å². The fourth-order valence-electron chi connectivity index (χ4n) is 4.04. The van der Waals surface area contributed by atoms with Gasteiger partial charge < -0.3 is 19.1 Å². The molecule has 2 fully saturated rings. The summed E-state index contributed by atoms with van der Waals surface area (Å²) in [5, 5.41) is 0. The number of hydrogen-bond donors (Lipinski definition) is 0. The van der Waals surface area contributed by atoms with Gasteiger partial charge in [0, 0.05) is 32.4 Å². The minimum absolute atomic E-state index is 0.0585. The summed E-state index contributed by atoms with van der Waals surface area (Å²) in [6, 6.07) is 6.14. The zero-order chi connectivity index (χ0) is 18.1. The lowest BCUT2D eigenvalue weighted by Gasteiger charge is -2.27. The van der Waals surface area contributed by atoms with Crippen molar-refractivity contribution in [2.75, 3.05) is 36.1 Å². The minimum atomic E-state index is -0.0907. The molecule has 0 spiro atoms. The first kappa shape index (κ1) is 17.1. The molecule has 26 heavy (non-hydrogen) atoms. The van der Waals surface area contributed by atoms with Crippen molar-refractivity contribution in [1.29, 1.82) is 0 Å². The van der Waals surface area contributed by atoms with Crippen LogP contribution in [-0.2, 0) is 16.6 Å². The van der Waals surface area contributed by atoms with E-state index in [1.807, 2.05) is 12.1 Å². The molecule has 2 aromatic rings. The van der Waals surface area contributed by atoms with E-state index in [1.54, 1.807) is 4.90 Å². The second-order valence-electron chi connectivity index (χ2n) is 7.12. The van der Waals surface area contributed by atoms with Gasteiger partial charge in [-0.3, -0.25) is 4.79 Å². The molecular weight excluding hydrogens is 328 g/mol. The lowest BCUT2D eigenvalue weighted by molar-refractivity contribution is -0.114. The maximum absolute atomic E-state index is 12.5. The predicted octanol–water partition coefficient (Wildman–Crippen LogP) is 2.87. The quantitative estimate of drug-likeness (QED) is 0.792. The Balaban J connectivity index is 1.71. The molecular formula is C20H26N4O2. The minimum Gasteiger partial charge on any atom is -0.379 e. The van der Waals surface area contributed by atoms with Gasteiger partial charge in [0.05, 0.1) is 23.7 Å². The van der Waals surface area contributed by atoms with Crippen LogP contribution in [0.5, 0.6) is 0 Å². The SMILES string of the molecule is C=CC(=O)N(c1ccc2c(c1)nc(N1CCCCC1)n2C)C1CCOC1. The topological polar surface area (TPSA) is 50.6 Å². The van der Waals surface area contributed by atoms with Crippen molar-refractivity contribution in [3.05, 3.63) is 30.9 Å². The Morgan fingerprint density at radius 2 is 2.15 bits per heavy atom. The first-order chi connectivity index (χ1) is 12.7. The van der Waals surface area contributed by atoms with E-state index >= 15 is 0 Å². The number of aryl methyl sites for hydroxylation is 1. The maximum Gasteiger partial charge on any atom is 0.250 e. The summed E-state index contributed by atoms with van der Waals surface area (Å²) < 4.78 is 7.65. The Bertz CT molecular complexity index is 817. The number of amides is 1. The number of nitrogens with zero attached hydrogens (tertiary/aromatic N) is 4. The zero-order valence-electron chi connectivity index (χ0n) is 15.4. The Kier molecular flexibility index (Phi) is 4.68. The van der Waals surface area contributed by atoms with Gasteiger partial charge in [-0.15, -0.1) is 0 Å². The van der Waals surface area contributed by atoms with E-state index in [-0.39, 0.29) is 11.9 Å². The molecule has 2 saturated heterocycles. The Hall–Kier alpha value is -2.34. The zero-order valence-corrected chi connectivity index (χ0v) is 15.4. The van der Waals surface area contributed by atoms with E-state index in [1.165, 1.54) is 25.3 Å². The molecule has 4 rings (SSSR count). The van der Waals surface area contributed by atoms with Crippen molar-refractivity contribution in [3.63, 3.8) is 0 Å². The smallest absolute Gasteiger partial charge is 0.250 e. The number of benzene rings is 1. The third-order valence-electron chi connectivity index (χ3n) is 5.44. The van der Waals surface area contributed by atoms with Gasteiger partial charge in [-0.2, -0.15) is 0 Å². The number of rotatable bonds is 4. The van der Waals surface area contributed by atoms with Crippen molar-refractivity contribution < 1.29 is 9.53 Å². The maximum atomic E-state index is 12.5. The van der Waals surface area contributed by atoms with Gasteiger partial charge in [-0.25, -0.2) is 4.98 Å². The first-order valence-corrected chi connectivity index (χ1v) is 9.44. The fourth-order valence-corrected chi connectivity index (χ4v) is 4.04. The third-order valence-corrected chi connectivity index (χ3v) is 5.44. The normalized spacial score (nSPS) is 20.5. The largest absolute Gasteiger partial charge is 0.379 e. The summed E-state index contributed by atoms with van der Waals surface area (Å²) in [7, 11) is 2.07. The number of carbonyl (C=O) groups excluding carboxylic acids is 1. The number of piperidine rings is 1. The van der Waals surface area contributed by atoms with Crippen molar-refractivity contribution >= 4 is 28.6 Å². The fraction of sp³-hybridized carbons (Fsp3) is 0.500. The summed E-state index contributed by atoms with van der Waals surface area (Å²) in [5.41, 5.74) is 2.87. The molecule has 1 unspecified atom stereocenters. The molecule has 6 heteroatoms. The van der Waals surface area contributed by atoms with Gasteiger partial charge in [-0.05, 0) is 50.0 Å². The third kappa shape index (κ3) is 2.98. The van der Waals surface area contributed by atoms with Crippen LogP contribution in [-0.4, -0.2) is 47.8 Å². The summed E-state index contributed by atoms with van der Waals surface area (Å²) in [6.45, 7) is 7.04. The van der Waals surface area contributed by atoms with Crippen LogP contribution in [0.3, 0.4) is 0 Å². The van der Waals surface area contributed by atoms with Crippen LogP contribution in [0, 0.1) is 0 Å². The van der Waals surface area contributed by atoms with E-state index in [4.69, 9.17) is 9.72 Å². The van der Waals surface area contributed by atoms with E-state index < -0.39 is 0 Å². The Morgan fingerprint density at radius 1 is 1.35 bits per heavy atom. The van der Waals surface area contributed by atoms with Gasteiger partial charge in [-0.1, -0.05) is 6.58 Å². The first-order valence-electron chi connectivity index (χ1n) is 9.44. The summed E-state index contributed by atoms with van der Waals surface area (Å²) in [4.78, 5) is 21.5. The van der Waals surface area contributed by atoms with E-state index in [0.717, 1.165) is 42.2 Å². The second kappa shape index (κ2) is 7.11. The van der Waals surface area contributed by atoms with Gasteiger partial charge in [0.25, 0.3) is 5.91 Å². The highest BCUT2D eigenvalue weighted by Crippen LogP contribution is 2.29. The molecule has 2 aliphatic rings. The molecule has 138 valence electrons. The molecule has 1 atom stereocenters. The number of aromatic nitrogens is 2. The molecule has 1 aromatic carbocycles. The van der Waals surface area contributed by atoms with Crippen LogP contribution >= 0.6 is 0 Å². The highest BCUT2D eigenvalue weighted by Gasteiger charge is 2.28.